The topological polar surface area (TPSA) is 245 Å². The molecule has 3 fully saturated rings. The Morgan fingerprint density at radius 1 is 0.565 bits per heavy atom. The number of anilines is 6. The van der Waals surface area contributed by atoms with Gasteiger partial charge in [0.1, 0.15) is 29.3 Å². The molecule has 16 rings (SSSR count). The van der Waals surface area contributed by atoms with E-state index >= 15 is 0 Å². The van der Waals surface area contributed by atoms with Gasteiger partial charge in [0.2, 0.25) is 5.91 Å². The van der Waals surface area contributed by atoms with Gasteiger partial charge >= 0.3 is 24.9 Å². The number of benzene rings is 11. The number of nitrogens with one attached hydrogen (secondary N) is 4. The van der Waals surface area contributed by atoms with Gasteiger partial charge in [-0.3, -0.25) is 18.8 Å². The normalized spacial score (nSPS) is 11.7. The smallest absolute Gasteiger partial charge is 0.504 e. The summed E-state index contributed by atoms with van der Waals surface area (Å²) in [6.45, 7) is 22.8. The minimum absolute atomic E-state index is 0. The number of carbonyl (C=O) groups excluding carboxylic acids is 3. The number of rotatable bonds is 20. The van der Waals surface area contributed by atoms with Gasteiger partial charge in [0.05, 0.1) is 91.4 Å². The number of carbonyl (C=O) groups is 3. The number of hydrogen-bond acceptors (Lipinski definition) is 18. The zero-order valence-electron chi connectivity index (χ0n) is 76.4. The zero-order chi connectivity index (χ0) is 94.4. The molecule has 131 heavy (non-hydrogen) atoms. The molecule has 0 bridgehead atoms. The molecule has 3 aliphatic heterocycles. The molecular weight excluding hydrogens is 1930 g/mol. The Morgan fingerprint density at radius 3 is 1.38 bits per heavy atom. The van der Waals surface area contributed by atoms with Crippen molar-refractivity contribution in [2.75, 3.05) is 96.8 Å². The van der Waals surface area contributed by atoms with Crippen LogP contribution in [0, 0.1) is 41.3 Å². The van der Waals surface area contributed by atoms with Crippen molar-refractivity contribution in [2.45, 2.75) is 79.6 Å². The van der Waals surface area contributed by atoms with Gasteiger partial charge in [0.15, 0.2) is 10.3 Å². The number of thiazole rings is 2. The molecule has 0 saturated carbocycles. The number of aromatic nitrogens is 2. The fraction of sp³-hybridized carbons (Fsp3) is 0.223. The van der Waals surface area contributed by atoms with Gasteiger partial charge in [0.25, 0.3) is 0 Å². The minimum Gasteiger partial charge on any atom is -0.504 e. The summed E-state index contributed by atoms with van der Waals surface area (Å²) in [7, 11) is 7.85. The van der Waals surface area contributed by atoms with E-state index in [9.17, 15) is 14.4 Å². The van der Waals surface area contributed by atoms with Crippen LogP contribution in [0.3, 0.4) is 0 Å². The number of nitrogens with two attached hydrogens (primary N) is 2. The van der Waals surface area contributed by atoms with Gasteiger partial charge in [-0.1, -0.05) is 223 Å². The van der Waals surface area contributed by atoms with Gasteiger partial charge in [-0.05, 0) is 220 Å². The molecule has 0 aliphatic carbocycles. The first-order valence-electron chi connectivity index (χ1n) is 41.7. The number of nitrogen functional groups attached to an aromatic ring is 1. The van der Waals surface area contributed by atoms with Crippen molar-refractivity contribution in [3.8, 4) is 43.9 Å². The number of nitrogens with zero attached hydrogens (tertiary/aromatic N) is 3. The van der Waals surface area contributed by atoms with Gasteiger partial charge in [-0.25, -0.2) is 14.8 Å². The number of urea groups is 1. The molecule has 5 heterocycles. The Morgan fingerprint density at radius 2 is 1.00 bits per heavy atom. The van der Waals surface area contributed by atoms with E-state index in [4.69, 9.17) is 58.8 Å². The van der Waals surface area contributed by atoms with Crippen LogP contribution in [0.2, 0.25) is 0 Å². The third kappa shape index (κ3) is 40.4. The average molecular weight is 2050 g/mol. The van der Waals surface area contributed by atoms with E-state index in [2.05, 4.69) is 219 Å². The van der Waals surface area contributed by atoms with Crippen LogP contribution < -0.4 is 91.4 Å². The van der Waals surface area contributed by atoms with Crippen molar-refractivity contribution in [3.63, 3.8) is 0 Å². The molecule has 0 atom stereocenters. The molecule has 686 valence electrons. The van der Waals surface area contributed by atoms with E-state index < -0.39 is 7.26 Å². The summed E-state index contributed by atoms with van der Waals surface area (Å²) in [5.74, 6) is 3.49. The SMILES string of the molecule is C1CCOC1.COC=Cc1cccc(Br)c1.COCl.COc1ccc(C)c(CC(N)=S)c1.COc1ccc(C)c(N)c1.COc1ccc(C)c(Nc2ncc(-c3cccc(Br)c3)s2)c1.COc1ccc(C)c(Nc2ncc(-c3cccc(N4CCNC4=O)c3)s2)c1.O=C1CCCN1.O=Cc1cccc(Br)c1.[CH2-]CCC.[CH2-][P+](c1ccccc1)(c1ccccc1)c1ccccc1.[Li+]. The monoisotopic (exact) mass is 2050 g/mol. The number of halogens is 4. The van der Waals surface area contributed by atoms with Gasteiger partial charge in [-0.2, -0.15) is 13.1 Å². The molecule has 3 saturated heterocycles. The Hall–Kier alpha value is -10.2. The number of thiocarbonyl (C=S) groups is 1. The molecule has 2 aromatic heterocycles. The molecule has 0 unspecified atom stereocenters. The predicted octanol–water partition coefficient (Wildman–Crippen LogP) is 22.7. The van der Waals surface area contributed by atoms with Crippen LogP contribution in [0.25, 0.3) is 27.0 Å². The summed E-state index contributed by atoms with van der Waals surface area (Å²) >= 11 is 22.7. The first-order chi connectivity index (χ1) is 62.8. The number of amides is 3. The third-order valence-corrected chi connectivity index (χ3v) is 26.2. The maximum absolute atomic E-state index is 11.9. The van der Waals surface area contributed by atoms with Crippen LogP contribution in [0.4, 0.5) is 37.8 Å². The second kappa shape index (κ2) is 63.0. The first kappa shape index (κ1) is 111. The van der Waals surface area contributed by atoms with Crippen molar-refractivity contribution < 1.29 is 66.0 Å². The van der Waals surface area contributed by atoms with Gasteiger partial charge < -0.3 is 68.1 Å². The first-order valence-corrected chi connectivity index (χ1v) is 48.4. The molecule has 0 spiro atoms. The molecule has 3 aliphatic rings. The summed E-state index contributed by atoms with van der Waals surface area (Å²) in [5, 5.41) is 17.9. The summed E-state index contributed by atoms with van der Waals surface area (Å²) in [6, 6.07) is 86.8. The number of methoxy groups -OCH3 is 5. The Kier molecular flexibility index (Phi) is 53.5. The number of hydrogen-bond donors (Lipinski definition) is 6. The summed E-state index contributed by atoms with van der Waals surface area (Å²) in [5.41, 5.74) is 24.4. The summed E-state index contributed by atoms with van der Waals surface area (Å²) in [4.78, 5) is 45.6. The van der Waals surface area contributed by atoms with Crippen LogP contribution in [-0.4, -0.2) is 109 Å². The van der Waals surface area contributed by atoms with Gasteiger partial charge in [0, 0.05) is 118 Å². The Balaban J connectivity index is 0.000000268. The van der Waals surface area contributed by atoms with E-state index in [1.54, 1.807) is 81.5 Å². The summed E-state index contributed by atoms with van der Waals surface area (Å²) in [6.07, 6.45) is 15.4. The number of aldehydes is 1. The number of unbranched alkanes of at least 4 members (excludes halogenated alkanes) is 1. The fourth-order valence-corrected chi connectivity index (χ4v) is 17.9. The Bertz CT molecular complexity index is 5460. The van der Waals surface area contributed by atoms with E-state index in [1.165, 1.54) is 47.8 Å². The molecule has 28 heteroatoms. The maximum atomic E-state index is 11.9. The second-order valence-corrected chi connectivity index (χ2v) is 37.4. The van der Waals surface area contributed by atoms with E-state index in [1.807, 2.05) is 185 Å². The molecule has 3 amide bonds. The molecule has 8 N–H and O–H groups in total. The molecule has 19 nitrogen and oxygen atoms in total. The van der Waals surface area contributed by atoms with E-state index in [0.29, 0.717) is 30.1 Å². The predicted molar refractivity (Wildman–Crippen MR) is 562 cm³/mol. The van der Waals surface area contributed by atoms with Crippen molar-refractivity contribution in [3.05, 3.63) is 345 Å². The van der Waals surface area contributed by atoms with Crippen molar-refractivity contribution >= 4 is 180 Å². The molecule has 0 radical (unpaired) electrons. The minimum atomic E-state index is -1.78. The largest absolute Gasteiger partial charge is 1.00 e. The van der Waals surface area contributed by atoms with E-state index in [-0.39, 0.29) is 30.8 Å². The fourth-order valence-electron chi connectivity index (χ4n) is 11.9. The standard InChI is InChI=1S/C20H20N4O2S.C19H17P.C17H15BrN2OS.C10H13NOS.C9H9BrO.C8H11NO.C7H5BrO.C4H7NO.C4H8O.C4H9.CH3ClO.Li/c1-13-6-7-16(26-2)11-17(13)23-19-22-12-18(27-19)14-4-3-5-15(10-14)24-9-8-21-20(24)25;1-20(17-11-5-2-6-12-17,18-13-7-3-8-14-18)19-15-9-4-10-16-19;1-11-6-7-14(21-2)9-15(11)20-17-19-10-16(22-17)12-4-3-5-13(18)8-12;1-7-3-4-9(12-2)5-8(7)6-10(11)13;1-11-6-5-8-3-2-4-9(10)7-8;1-6-3-4-7(10-2)5-8(6)9;8-7-3-1-2-6(4-7)5-9;6-4-2-1-3-5-4;1-2-4-5-3-1;1-3-4-2;1-3-2;/h3-7,10-12H,8-9H2,1-2H3,(H,21,25)(H,22,23);2-16H,1H2;3-10H,1-2H3,(H,19,20);3-5H,6H2,1-2H3,(H2,11,13);2-7H,1H3;3-5H,9H2,1-2H3;1-5H;1-3H2,(H,5,6);1-4H2;1,3-4H2,2H3;1H3;/q;;;;;;;;;-1;;+1. The molecule has 13 aromatic rings. The van der Waals surface area contributed by atoms with Crippen LogP contribution in [0.15, 0.2) is 293 Å². The summed E-state index contributed by atoms with van der Waals surface area (Å²) < 4.78 is 37.2. The van der Waals surface area contributed by atoms with E-state index in [0.717, 1.165) is 163 Å². The van der Waals surface area contributed by atoms with Crippen LogP contribution >= 0.6 is 102 Å². The third-order valence-electron chi connectivity index (χ3n) is 19.1. The molecular formula is C103H117Br3ClLiN9O10PS3. The maximum Gasteiger partial charge on any atom is 1.00 e. The van der Waals surface area contributed by atoms with Gasteiger partial charge in [-0.15, -0.1) is 0 Å². The van der Waals surface area contributed by atoms with Crippen LogP contribution in [0.5, 0.6) is 23.0 Å². The quantitative estimate of drug-likeness (QED) is 0.00790. The van der Waals surface area contributed by atoms with Crippen molar-refractivity contribution in [2.24, 2.45) is 5.73 Å². The van der Waals surface area contributed by atoms with Crippen LogP contribution in [-0.2, 0) is 25.0 Å². The van der Waals surface area contributed by atoms with Crippen molar-refractivity contribution in [1.29, 1.82) is 0 Å². The number of ether oxygens (including phenoxy) is 6. The van der Waals surface area contributed by atoms with Crippen molar-refractivity contribution in [1.82, 2.24) is 20.6 Å². The second-order valence-electron chi connectivity index (χ2n) is 28.6. The Labute approximate surface area is 830 Å². The zero-order valence-corrected chi connectivity index (χ0v) is 85.2. The van der Waals surface area contributed by atoms with Crippen LogP contribution in [0.1, 0.15) is 89.2 Å². The number of aryl methyl sites for hydroxylation is 4. The average Bonchev–Trinajstić information content (AvgIpc) is 0.981. The molecule has 11 aromatic carbocycles.